The highest BCUT2D eigenvalue weighted by atomic mass is 35.5. The van der Waals surface area contributed by atoms with E-state index in [-0.39, 0.29) is 81.0 Å². The number of ether oxygens (including phenoxy) is 10. The molecule has 494 valence electrons. The number of rotatable bonds is 34. The number of hydrogen-bond acceptors (Lipinski definition) is 19. The molecule has 8 atom stereocenters. The molecule has 3 aromatic rings. The zero-order chi connectivity index (χ0) is 64.5. The number of allylic oxidation sites excluding steroid dienone is 3. The number of carbonyl (C=O) groups is 6. The molecule has 0 spiro atoms. The molecule has 4 bridgehead atoms. The quantitative estimate of drug-likeness (QED) is 0.0242. The van der Waals surface area contributed by atoms with E-state index in [0.717, 1.165) is 27.7 Å². The highest BCUT2D eigenvalue weighted by Gasteiger charge is 2.64. The molecule has 2 aromatic carbocycles. The van der Waals surface area contributed by atoms with Gasteiger partial charge >= 0.3 is 12.1 Å². The van der Waals surface area contributed by atoms with Gasteiger partial charge in [-0.25, -0.2) is 14.6 Å². The van der Waals surface area contributed by atoms with Crippen molar-refractivity contribution in [1.29, 1.82) is 0 Å². The second kappa shape index (κ2) is 36.6. The van der Waals surface area contributed by atoms with Gasteiger partial charge in [-0.3, -0.25) is 24.6 Å². The number of likely N-dealkylation sites (N-methyl/N-ethyl adjacent to an activating group) is 1. The van der Waals surface area contributed by atoms with Crippen LogP contribution in [0.5, 0.6) is 5.75 Å². The number of carbonyl (C=O) groups excluding carboxylic acids is 6. The van der Waals surface area contributed by atoms with Crippen molar-refractivity contribution in [2.24, 2.45) is 5.92 Å². The molecule has 26 heteroatoms. The lowest BCUT2D eigenvalue weighted by molar-refractivity contribution is -0.162. The first kappa shape index (κ1) is 71.8. The first-order valence-corrected chi connectivity index (χ1v) is 30.8. The summed E-state index contributed by atoms with van der Waals surface area (Å²) in [6.07, 6.45) is 4.73. The number of nitrogens with one attached hydrogen (secondary N) is 4. The minimum absolute atomic E-state index is 0.0150. The number of hydrogen-bond donors (Lipinski definition) is 5. The van der Waals surface area contributed by atoms with E-state index in [1.165, 1.54) is 24.0 Å². The van der Waals surface area contributed by atoms with E-state index in [0.29, 0.717) is 96.6 Å². The van der Waals surface area contributed by atoms with Gasteiger partial charge in [-0.15, -0.1) is 0 Å². The number of hydrazine groups is 1. The SMILES string of the molecule is CNN(C)Cc1cc2ccccc2n1CCC(=O)N[C@@H](CO)C(=O)NCCOCCOCCOCCOCCOCCOCCC(=O)N(C)[C@@H](C)C(=O)O[C@H]1CC(=O)N(C)c2cc(cc(OC)c2Cl)C/C(C)=C/C=C/C[C@H]2C[C@H](OC(=O)N2)[C@@H](C)C2O[C@]21C. The van der Waals surface area contributed by atoms with E-state index in [2.05, 4.69) is 32.0 Å². The topological polar surface area (TPSA) is 281 Å². The van der Waals surface area contributed by atoms with Crippen LogP contribution in [0.25, 0.3) is 10.9 Å². The van der Waals surface area contributed by atoms with E-state index < -0.39 is 66.5 Å². The largest absolute Gasteiger partial charge is 0.495 e. The number of aliphatic hydroxyl groups excluding tert-OH is 1. The Hall–Kier alpha value is -6.23. The molecule has 0 aliphatic carbocycles. The number of halogens is 1. The summed E-state index contributed by atoms with van der Waals surface area (Å²) >= 11 is 6.82. The molecule has 3 aliphatic heterocycles. The van der Waals surface area contributed by atoms with Crippen LogP contribution in [-0.2, 0) is 86.1 Å². The smallest absolute Gasteiger partial charge is 0.407 e. The van der Waals surface area contributed by atoms with Gasteiger partial charge in [0.1, 0.15) is 40.7 Å². The van der Waals surface area contributed by atoms with Crippen LogP contribution < -0.4 is 31.0 Å². The van der Waals surface area contributed by atoms with Crippen LogP contribution in [0.15, 0.2) is 66.3 Å². The van der Waals surface area contributed by atoms with Gasteiger partial charge in [0, 0.05) is 70.2 Å². The van der Waals surface area contributed by atoms with Gasteiger partial charge in [-0.2, -0.15) is 0 Å². The predicted octanol–water partition coefficient (Wildman–Crippen LogP) is 4.26. The van der Waals surface area contributed by atoms with Crippen molar-refractivity contribution >= 4 is 63.9 Å². The Morgan fingerprint density at radius 2 is 1.55 bits per heavy atom. The van der Waals surface area contributed by atoms with Crippen molar-refractivity contribution in [2.45, 2.75) is 121 Å². The molecular formula is C63H93ClN8O17. The van der Waals surface area contributed by atoms with E-state index in [1.54, 1.807) is 20.9 Å². The molecule has 1 unspecified atom stereocenters. The molecule has 25 nitrogen and oxygen atoms in total. The Labute approximate surface area is 527 Å². The highest BCUT2D eigenvalue weighted by Crippen LogP contribution is 2.49. The van der Waals surface area contributed by atoms with Crippen LogP contribution >= 0.6 is 11.6 Å². The summed E-state index contributed by atoms with van der Waals surface area (Å²) in [5.41, 5.74) is 6.30. The van der Waals surface area contributed by atoms with Crippen LogP contribution in [0, 0.1) is 5.92 Å². The fourth-order valence-electron chi connectivity index (χ4n) is 10.5. The number of nitrogens with zero attached hydrogens (tertiary/aromatic N) is 4. The van der Waals surface area contributed by atoms with Crippen molar-refractivity contribution in [1.82, 2.24) is 35.9 Å². The van der Waals surface area contributed by atoms with Gasteiger partial charge in [0.05, 0.1) is 124 Å². The number of benzene rings is 2. The zero-order valence-corrected chi connectivity index (χ0v) is 53.8. The number of aliphatic hydroxyl groups is 1. The summed E-state index contributed by atoms with van der Waals surface area (Å²) in [5, 5.41) is 21.3. The molecule has 0 saturated carbocycles. The molecule has 1 aromatic heterocycles. The van der Waals surface area contributed by atoms with E-state index >= 15 is 0 Å². The molecule has 6 rings (SSSR count). The van der Waals surface area contributed by atoms with Crippen molar-refractivity contribution in [2.75, 3.05) is 133 Å². The molecular weight excluding hydrogens is 1180 g/mol. The highest BCUT2D eigenvalue weighted by molar-refractivity contribution is 6.35. The van der Waals surface area contributed by atoms with Gasteiger partial charge in [0.2, 0.25) is 23.6 Å². The average molecular weight is 1270 g/mol. The normalized spacial score (nSPS) is 22.0. The number of epoxide rings is 1. The number of esters is 1. The van der Waals surface area contributed by atoms with Crippen LogP contribution in [0.2, 0.25) is 5.02 Å². The Kier molecular flexibility index (Phi) is 29.5. The standard InChI is InChI=1S/C63H93ClN8O17/c1-42-14-10-12-16-47-38-52(87-62(79)67-47)43(2)59-63(4,89-59)54(39-57(76)71(8)51-35-45(34-42)36-53(80-9)58(51)64)88-61(78)44(3)70(7)56(75)19-22-81-24-26-83-28-30-85-32-33-86-31-29-84-27-25-82-23-20-66-60(77)49(41-73)68-55(74)18-21-72-48(40-69(6)65-5)37-46-15-11-13-17-50(46)72/h10-15,17,35-37,43-44,47,49,52,54,59,65,73H,16,18-34,38-41H2,1-9H3,(H,66,77)(H,67,79)(H,68,74)/b12-10+,42-14+/t43-,44+,47+,49+,52+,54+,59?,63+/m1/s1. The third kappa shape index (κ3) is 22.0. The van der Waals surface area contributed by atoms with Crippen LogP contribution in [0.3, 0.4) is 0 Å². The Balaban J connectivity index is 0.798. The molecule has 89 heavy (non-hydrogen) atoms. The molecule has 3 aliphatic rings. The summed E-state index contributed by atoms with van der Waals surface area (Å²) < 4.78 is 59.4. The summed E-state index contributed by atoms with van der Waals surface area (Å²) in [7, 11) is 8.38. The minimum atomic E-state index is -1.15. The lowest BCUT2D eigenvalue weighted by atomic mass is 9.85. The lowest BCUT2D eigenvalue weighted by Gasteiger charge is -2.33. The lowest BCUT2D eigenvalue weighted by Crippen LogP contribution is -2.49. The molecule has 5 amide bonds. The van der Waals surface area contributed by atoms with Gasteiger partial charge in [-0.05, 0) is 75.9 Å². The monoisotopic (exact) mass is 1270 g/mol. The van der Waals surface area contributed by atoms with E-state index in [9.17, 15) is 33.9 Å². The third-order valence-electron chi connectivity index (χ3n) is 16.0. The maximum absolute atomic E-state index is 14.3. The van der Waals surface area contributed by atoms with Crippen LogP contribution in [0.1, 0.15) is 71.1 Å². The maximum atomic E-state index is 14.3. The Morgan fingerprint density at radius 3 is 2.19 bits per heavy atom. The van der Waals surface area contributed by atoms with Crippen molar-refractivity contribution < 1.29 is 81.2 Å². The molecule has 4 heterocycles. The molecule has 2 saturated heterocycles. The summed E-state index contributed by atoms with van der Waals surface area (Å²) in [4.78, 5) is 82.6. The van der Waals surface area contributed by atoms with Gasteiger partial charge in [-0.1, -0.05) is 60.5 Å². The van der Waals surface area contributed by atoms with Crippen LogP contribution in [0.4, 0.5) is 10.5 Å². The Morgan fingerprint density at radius 1 is 0.910 bits per heavy atom. The summed E-state index contributed by atoms with van der Waals surface area (Å²) in [6.45, 7) is 11.4. The molecule has 0 radical (unpaired) electrons. The number of anilines is 1. The van der Waals surface area contributed by atoms with Crippen molar-refractivity contribution in [3.63, 3.8) is 0 Å². The van der Waals surface area contributed by atoms with Gasteiger partial charge < -0.3 is 82.8 Å². The summed E-state index contributed by atoms with van der Waals surface area (Å²) in [5.74, 6) is -2.31. The first-order valence-electron chi connectivity index (χ1n) is 30.4. The molecule has 5 N–H and O–H groups in total. The predicted molar refractivity (Wildman–Crippen MR) is 332 cm³/mol. The summed E-state index contributed by atoms with van der Waals surface area (Å²) in [6, 6.07) is 11.4. The van der Waals surface area contributed by atoms with Gasteiger partial charge in [0.25, 0.3) is 0 Å². The van der Waals surface area contributed by atoms with E-state index in [1.807, 2.05) is 87.6 Å². The van der Waals surface area contributed by atoms with Crippen molar-refractivity contribution in [3.8, 4) is 5.75 Å². The van der Waals surface area contributed by atoms with Gasteiger partial charge in [0.15, 0.2) is 0 Å². The van der Waals surface area contributed by atoms with Crippen LogP contribution in [-0.4, -0.2) is 225 Å². The number of methoxy groups -OCH3 is 1. The number of fused-ring (bicyclic) bond motifs is 6. The third-order valence-corrected chi connectivity index (χ3v) is 16.4. The fraction of sp³-hybridized carbons (Fsp3) is 0.619. The first-order chi connectivity index (χ1) is 42.8. The zero-order valence-electron chi connectivity index (χ0n) is 53.0. The fourth-order valence-corrected chi connectivity index (χ4v) is 10.8. The number of alkyl carbamates (subject to hydrolysis) is 1. The second-order valence-electron chi connectivity index (χ2n) is 22.5. The molecule has 2 fully saturated rings. The Bertz CT molecular complexity index is 2860. The number of amides is 5. The number of aromatic nitrogens is 1. The maximum Gasteiger partial charge on any atom is 0.407 e. The van der Waals surface area contributed by atoms with E-state index in [4.69, 9.17) is 59.0 Å². The second-order valence-corrected chi connectivity index (χ2v) is 22.9. The minimum Gasteiger partial charge on any atom is -0.495 e. The average Bonchev–Trinajstić information content (AvgIpc) is 2.19. The number of para-hydroxylation sites is 1. The number of aryl methyl sites for hydroxylation is 1. The van der Waals surface area contributed by atoms with Crippen molar-refractivity contribution in [3.05, 3.63) is 82.5 Å².